The molecular weight excluding hydrogens is 246 g/mol. The molecule has 3 nitrogen and oxygen atoms in total. The predicted octanol–water partition coefficient (Wildman–Crippen LogP) is 2.21. The first-order valence-electron chi connectivity index (χ1n) is 5.01. The molecule has 0 amide bonds. The molecule has 0 fully saturated rings. The second kappa shape index (κ2) is 6.89. The molecule has 0 heterocycles. The molecule has 2 N–H and O–H groups in total. The van der Waals surface area contributed by atoms with Gasteiger partial charge in [-0.2, -0.15) is 0 Å². The predicted molar refractivity (Wildman–Crippen MR) is 69.1 cm³/mol. The Bertz CT molecular complexity index is 371. The van der Waals surface area contributed by atoms with Crippen LogP contribution in [0.5, 0.6) is 0 Å². The summed E-state index contributed by atoms with van der Waals surface area (Å²) in [6, 6.07) is 5.24. The Hall–Kier alpha value is -0.580. The summed E-state index contributed by atoms with van der Waals surface area (Å²) in [5.74, 6) is 1.08. The number of rotatable bonds is 6. The Balaban J connectivity index is 2.52. The SMILES string of the molecule is COCCCS(=O)Cc1cc(N)ccc1Cl. The minimum Gasteiger partial charge on any atom is -0.399 e. The lowest BCUT2D eigenvalue weighted by atomic mass is 10.2. The van der Waals surface area contributed by atoms with Crippen molar-refractivity contribution in [3.8, 4) is 0 Å². The summed E-state index contributed by atoms with van der Waals surface area (Å²) in [4.78, 5) is 0. The number of hydrogen-bond donors (Lipinski definition) is 1. The van der Waals surface area contributed by atoms with Crippen molar-refractivity contribution in [1.29, 1.82) is 0 Å². The van der Waals surface area contributed by atoms with Crippen LogP contribution in [0.15, 0.2) is 18.2 Å². The van der Waals surface area contributed by atoms with E-state index in [2.05, 4.69) is 0 Å². The average Bonchev–Trinajstić information content (AvgIpc) is 2.24. The number of halogens is 1. The Morgan fingerprint density at radius 3 is 2.94 bits per heavy atom. The van der Waals surface area contributed by atoms with Crippen LogP contribution in [0.1, 0.15) is 12.0 Å². The van der Waals surface area contributed by atoms with Crippen molar-refractivity contribution in [2.75, 3.05) is 25.2 Å². The first kappa shape index (κ1) is 13.5. The molecule has 0 bridgehead atoms. The highest BCUT2D eigenvalue weighted by molar-refractivity contribution is 7.84. The number of benzene rings is 1. The molecule has 0 spiro atoms. The van der Waals surface area contributed by atoms with Crippen LogP contribution in [0.4, 0.5) is 5.69 Å². The van der Waals surface area contributed by atoms with Crippen molar-refractivity contribution in [2.24, 2.45) is 0 Å². The van der Waals surface area contributed by atoms with E-state index in [1.807, 2.05) is 0 Å². The normalized spacial score (nSPS) is 12.6. The van der Waals surface area contributed by atoms with Crippen LogP contribution in [0, 0.1) is 0 Å². The minimum absolute atomic E-state index is 0.452. The van der Waals surface area contributed by atoms with Gasteiger partial charge in [-0.3, -0.25) is 4.21 Å². The summed E-state index contributed by atoms with van der Waals surface area (Å²) in [6.07, 6.45) is 0.795. The largest absolute Gasteiger partial charge is 0.399 e. The van der Waals surface area contributed by atoms with Crippen LogP contribution in [0.3, 0.4) is 0 Å². The number of methoxy groups -OCH3 is 1. The van der Waals surface area contributed by atoms with Crippen LogP contribution in [-0.2, 0) is 21.3 Å². The zero-order valence-corrected chi connectivity index (χ0v) is 10.8. The maximum Gasteiger partial charge on any atom is 0.0501 e. The van der Waals surface area contributed by atoms with Crippen molar-refractivity contribution in [1.82, 2.24) is 0 Å². The average molecular weight is 262 g/mol. The summed E-state index contributed by atoms with van der Waals surface area (Å²) in [7, 11) is 0.726. The number of anilines is 1. The number of nitrogen functional groups attached to an aromatic ring is 1. The van der Waals surface area contributed by atoms with Gasteiger partial charge in [0.25, 0.3) is 0 Å². The lowest BCUT2D eigenvalue weighted by molar-refractivity contribution is 0.200. The van der Waals surface area contributed by atoms with E-state index in [9.17, 15) is 4.21 Å². The highest BCUT2D eigenvalue weighted by Gasteiger charge is 2.06. The molecule has 0 saturated heterocycles. The molecule has 0 aliphatic rings. The van der Waals surface area contributed by atoms with Crippen molar-refractivity contribution >= 4 is 28.1 Å². The van der Waals surface area contributed by atoms with E-state index in [0.717, 1.165) is 12.0 Å². The summed E-state index contributed by atoms with van der Waals surface area (Å²) in [5, 5.41) is 0.620. The third-order valence-corrected chi connectivity index (χ3v) is 3.85. The molecule has 0 aliphatic heterocycles. The van der Waals surface area contributed by atoms with Crippen LogP contribution in [-0.4, -0.2) is 23.7 Å². The molecular formula is C11H16ClNO2S. The molecule has 1 rings (SSSR count). The molecule has 90 valence electrons. The summed E-state index contributed by atoms with van der Waals surface area (Å²) in [5.41, 5.74) is 7.14. The standard InChI is InChI=1S/C11H16ClNO2S/c1-15-5-2-6-16(14)8-9-7-10(13)3-4-11(9)12/h3-4,7H,2,5-6,8,13H2,1H3. The monoisotopic (exact) mass is 261 g/mol. The lowest BCUT2D eigenvalue weighted by Crippen LogP contribution is -2.04. The molecule has 16 heavy (non-hydrogen) atoms. The maximum atomic E-state index is 11.7. The van der Waals surface area contributed by atoms with E-state index in [-0.39, 0.29) is 0 Å². The van der Waals surface area contributed by atoms with Gasteiger partial charge in [0.15, 0.2) is 0 Å². The number of nitrogens with two attached hydrogens (primary N) is 1. The van der Waals surface area contributed by atoms with Crippen LogP contribution in [0.25, 0.3) is 0 Å². The zero-order valence-electron chi connectivity index (χ0n) is 9.24. The van der Waals surface area contributed by atoms with Crippen LogP contribution < -0.4 is 5.73 Å². The van der Waals surface area contributed by atoms with Gasteiger partial charge in [-0.05, 0) is 30.2 Å². The first-order valence-corrected chi connectivity index (χ1v) is 6.88. The molecule has 1 aromatic carbocycles. The van der Waals surface area contributed by atoms with Crippen molar-refractivity contribution < 1.29 is 8.95 Å². The molecule has 5 heteroatoms. The maximum absolute atomic E-state index is 11.7. The Morgan fingerprint density at radius 2 is 2.25 bits per heavy atom. The van der Waals surface area contributed by atoms with Gasteiger partial charge in [0.1, 0.15) is 0 Å². The number of ether oxygens (including phenoxy) is 1. The summed E-state index contributed by atoms with van der Waals surface area (Å²) >= 11 is 5.99. The van der Waals surface area contributed by atoms with Gasteiger partial charge in [0.2, 0.25) is 0 Å². The van der Waals surface area contributed by atoms with Crippen molar-refractivity contribution in [2.45, 2.75) is 12.2 Å². The minimum atomic E-state index is -0.911. The summed E-state index contributed by atoms with van der Waals surface area (Å²) in [6.45, 7) is 0.635. The fourth-order valence-electron chi connectivity index (χ4n) is 1.32. The van der Waals surface area contributed by atoms with Crippen LogP contribution >= 0.6 is 11.6 Å². The fourth-order valence-corrected chi connectivity index (χ4v) is 2.75. The topological polar surface area (TPSA) is 52.3 Å². The molecule has 0 saturated carbocycles. The summed E-state index contributed by atoms with van der Waals surface area (Å²) < 4.78 is 16.6. The van der Waals surface area contributed by atoms with E-state index < -0.39 is 10.8 Å². The van der Waals surface area contributed by atoms with Crippen LogP contribution in [0.2, 0.25) is 5.02 Å². The van der Waals surface area contributed by atoms with Gasteiger partial charge in [-0.25, -0.2) is 0 Å². The highest BCUT2D eigenvalue weighted by Crippen LogP contribution is 2.20. The van der Waals surface area contributed by atoms with Crippen molar-refractivity contribution in [3.63, 3.8) is 0 Å². The Labute approximate surface area is 103 Å². The zero-order chi connectivity index (χ0) is 12.0. The van der Waals surface area contributed by atoms with E-state index in [1.165, 1.54) is 0 Å². The molecule has 1 aromatic rings. The van der Waals surface area contributed by atoms with Gasteiger partial charge in [0.05, 0.1) is 5.75 Å². The smallest absolute Gasteiger partial charge is 0.0501 e. The molecule has 0 aliphatic carbocycles. The number of hydrogen-bond acceptors (Lipinski definition) is 3. The van der Waals surface area contributed by atoms with Gasteiger partial charge in [-0.1, -0.05) is 11.6 Å². The highest BCUT2D eigenvalue weighted by atomic mass is 35.5. The third-order valence-electron chi connectivity index (χ3n) is 2.11. The second-order valence-corrected chi connectivity index (χ2v) is 5.47. The third kappa shape index (κ3) is 4.51. The fraction of sp³-hybridized carbons (Fsp3) is 0.455. The van der Waals surface area contributed by atoms with E-state index >= 15 is 0 Å². The van der Waals surface area contributed by atoms with Gasteiger partial charge in [0, 0.05) is 41.0 Å². The van der Waals surface area contributed by atoms with E-state index in [1.54, 1.807) is 25.3 Å². The second-order valence-electron chi connectivity index (χ2n) is 3.49. The first-order chi connectivity index (χ1) is 7.63. The van der Waals surface area contributed by atoms with Gasteiger partial charge >= 0.3 is 0 Å². The molecule has 0 aromatic heterocycles. The van der Waals surface area contributed by atoms with Gasteiger partial charge < -0.3 is 10.5 Å². The lowest BCUT2D eigenvalue weighted by Gasteiger charge is -2.05. The molecule has 0 radical (unpaired) electrons. The Morgan fingerprint density at radius 1 is 1.50 bits per heavy atom. The quantitative estimate of drug-likeness (QED) is 0.631. The Kier molecular flexibility index (Phi) is 5.80. The van der Waals surface area contributed by atoms with E-state index in [0.29, 0.717) is 28.8 Å². The van der Waals surface area contributed by atoms with Crippen molar-refractivity contribution in [3.05, 3.63) is 28.8 Å². The van der Waals surface area contributed by atoms with E-state index in [4.69, 9.17) is 22.1 Å². The van der Waals surface area contributed by atoms with Gasteiger partial charge in [-0.15, -0.1) is 0 Å². The molecule has 1 atom stereocenters. The molecule has 1 unspecified atom stereocenters.